The molecule has 1 aromatic heterocycles. The molecule has 6 heteroatoms. The highest BCUT2D eigenvalue weighted by Crippen LogP contribution is 2.27. The summed E-state index contributed by atoms with van der Waals surface area (Å²) >= 11 is 0. The summed E-state index contributed by atoms with van der Waals surface area (Å²) in [4.78, 5) is 29.8. The van der Waals surface area contributed by atoms with Crippen LogP contribution in [0.2, 0.25) is 0 Å². The van der Waals surface area contributed by atoms with Crippen LogP contribution in [0.4, 0.5) is 5.69 Å². The number of nitrogens with zero attached hydrogens (tertiary/aromatic N) is 1. The predicted molar refractivity (Wildman–Crippen MR) is 91.2 cm³/mol. The fourth-order valence-corrected chi connectivity index (χ4v) is 3.04. The minimum Gasteiger partial charge on any atom is -0.495 e. The number of amides is 2. The van der Waals surface area contributed by atoms with Gasteiger partial charge in [-0.3, -0.25) is 9.59 Å². The Bertz CT molecular complexity index is 740. The van der Waals surface area contributed by atoms with Crippen LogP contribution in [0, 0.1) is 6.92 Å². The summed E-state index contributed by atoms with van der Waals surface area (Å²) in [6.45, 7) is 2.53. The van der Waals surface area contributed by atoms with Crippen molar-refractivity contribution < 1.29 is 14.3 Å². The minimum absolute atomic E-state index is 0.145. The number of hydrogen-bond donors (Lipinski definition) is 2. The van der Waals surface area contributed by atoms with E-state index in [-0.39, 0.29) is 11.8 Å². The number of carbonyl (C=O) groups is 2. The highest BCUT2D eigenvalue weighted by atomic mass is 16.5. The molecular formula is C18H21N3O3. The Morgan fingerprint density at radius 1 is 1.33 bits per heavy atom. The summed E-state index contributed by atoms with van der Waals surface area (Å²) in [5, 5.41) is 2.91. The van der Waals surface area contributed by atoms with Crippen LogP contribution < -0.4 is 10.1 Å². The van der Waals surface area contributed by atoms with Gasteiger partial charge in [0.2, 0.25) is 5.91 Å². The summed E-state index contributed by atoms with van der Waals surface area (Å²) in [6, 6.07) is 8.64. The van der Waals surface area contributed by atoms with Gasteiger partial charge in [0.15, 0.2) is 0 Å². The largest absolute Gasteiger partial charge is 0.495 e. The van der Waals surface area contributed by atoms with Gasteiger partial charge in [-0.1, -0.05) is 6.07 Å². The van der Waals surface area contributed by atoms with E-state index < -0.39 is 6.04 Å². The number of methoxy groups -OCH3 is 1. The Morgan fingerprint density at radius 3 is 2.88 bits per heavy atom. The molecule has 1 atom stereocenters. The van der Waals surface area contributed by atoms with Crippen molar-refractivity contribution in [3.8, 4) is 5.75 Å². The average Bonchev–Trinajstić information content (AvgIpc) is 3.26. The number of aromatic amines is 1. The lowest BCUT2D eigenvalue weighted by Gasteiger charge is -2.24. The van der Waals surface area contributed by atoms with Gasteiger partial charge in [0.05, 0.1) is 12.8 Å². The smallest absolute Gasteiger partial charge is 0.270 e. The Kier molecular flexibility index (Phi) is 4.55. The van der Waals surface area contributed by atoms with Crippen molar-refractivity contribution in [1.29, 1.82) is 0 Å². The zero-order valence-electron chi connectivity index (χ0n) is 13.8. The highest BCUT2D eigenvalue weighted by molar-refractivity contribution is 6.01. The average molecular weight is 327 g/mol. The molecule has 0 aliphatic carbocycles. The van der Waals surface area contributed by atoms with Gasteiger partial charge in [0.1, 0.15) is 17.5 Å². The van der Waals surface area contributed by atoms with Gasteiger partial charge in [-0.25, -0.2) is 0 Å². The first-order chi connectivity index (χ1) is 11.6. The molecule has 1 saturated heterocycles. The summed E-state index contributed by atoms with van der Waals surface area (Å²) in [5.74, 6) is 0.277. The lowest BCUT2D eigenvalue weighted by Crippen LogP contribution is -2.43. The lowest BCUT2D eigenvalue weighted by atomic mass is 10.1. The Hall–Kier alpha value is -2.76. The van der Waals surface area contributed by atoms with Gasteiger partial charge in [-0.05, 0) is 49.6 Å². The van der Waals surface area contributed by atoms with Crippen LogP contribution in [0.3, 0.4) is 0 Å². The van der Waals surface area contributed by atoms with Crippen LogP contribution >= 0.6 is 0 Å². The molecule has 1 aromatic carbocycles. The molecule has 0 unspecified atom stereocenters. The maximum atomic E-state index is 12.7. The van der Waals surface area contributed by atoms with Gasteiger partial charge in [0.25, 0.3) is 5.91 Å². The standard InChI is InChI=1S/C18H21N3O3/c1-12-7-8-16(24-2)14(11-12)20-17(22)15-6-4-10-21(15)18(23)13-5-3-9-19-13/h3,5,7-9,11,15,19H,4,6,10H2,1-2H3,(H,20,22)/t15-/m0/s1. The van der Waals surface area contributed by atoms with Gasteiger partial charge in [-0.2, -0.15) is 0 Å². The van der Waals surface area contributed by atoms with Crippen LogP contribution in [-0.4, -0.2) is 41.4 Å². The van der Waals surface area contributed by atoms with Crippen molar-refractivity contribution in [2.24, 2.45) is 0 Å². The molecule has 1 aliphatic heterocycles. The Balaban J connectivity index is 1.77. The second-order valence-corrected chi connectivity index (χ2v) is 5.93. The van der Waals surface area contributed by atoms with Crippen LogP contribution in [-0.2, 0) is 4.79 Å². The summed E-state index contributed by atoms with van der Waals surface area (Å²) < 4.78 is 5.30. The van der Waals surface area contributed by atoms with Gasteiger partial charge in [-0.15, -0.1) is 0 Å². The van der Waals surface area contributed by atoms with E-state index in [9.17, 15) is 9.59 Å². The van der Waals surface area contributed by atoms with Crippen molar-refractivity contribution in [3.05, 3.63) is 47.8 Å². The molecule has 0 saturated carbocycles. The van der Waals surface area contributed by atoms with Crippen LogP contribution in [0.25, 0.3) is 0 Å². The first kappa shape index (κ1) is 16.1. The zero-order valence-corrected chi connectivity index (χ0v) is 13.8. The van der Waals surface area contributed by atoms with Crippen LogP contribution in [0.15, 0.2) is 36.5 Å². The zero-order chi connectivity index (χ0) is 17.1. The number of benzene rings is 1. The highest BCUT2D eigenvalue weighted by Gasteiger charge is 2.35. The third-order valence-corrected chi connectivity index (χ3v) is 4.26. The first-order valence-corrected chi connectivity index (χ1v) is 8.00. The molecule has 3 rings (SSSR count). The van der Waals surface area contributed by atoms with E-state index in [1.54, 1.807) is 30.3 Å². The van der Waals surface area contributed by atoms with Crippen molar-refractivity contribution in [3.63, 3.8) is 0 Å². The van der Waals surface area contributed by atoms with Crippen molar-refractivity contribution in [2.45, 2.75) is 25.8 Å². The van der Waals surface area contributed by atoms with E-state index in [0.717, 1.165) is 12.0 Å². The second-order valence-electron chi connectivity index (χ2n) is 5.93. The normalized spacial score (nSPS) is 16.9. The van der Waals surface area contributed by atoms with E-state index in [1.807, 2.05) is 25.1 Å². The summed E-state index contributed by atoms with van der Waals surface area (Å²) in [6.07, 6.45) is 3.18. The molecule has 2 aromatic rings. The number of H-pyrrole nitrogens is 1. The maximum absolute atomic E-state index is 12.7. The molecule has 126 valence electrons. The molecule has 2 heterocycles. The number of carbonyl (C=O) groups excluding carboxylic acids is 2. The van der Waals surface area contributed by atoms with Crippen LogP contribution in [0.5, 0.6) is 5.75 Å². The minimum atomic E-state index is -0.467. The fourth-order valence-electron chi connectivity index (χ4n) is 3.04. The molecule has 1 aliphatic rings. The molecule has 24 heavy (non-hydrogen) atoms. The summed E-state index contributed by atoms with van der Waals surface area (Å²) in [5.41, 5.74) is 2.15. The number of ether oxygens (including phenoxy) is 1. The van der Waals surface area contributed by atoms with Crippen LogP contribution in [0.1, 0.15) is 28.9 Å². The molecule has 0 spiro atoms. The maximum Gasteiger partial charge on any atom is 0.270 e. The number of aryl methyl sites for hydroxylation is 1. The van der Waals surface area contributed by atoms with Gasteiger partial charge >= 0.3 is 0 Å². The number of nitrogens with one attached hydrogen (secondary N) is 2. The Labute approximate surface area is 140 Å². The number of likely N-dealkylation sites (tertiary alicyclic amines) is 1. The van der Waals surface area contributed by atoms with E-state index in [1.165, 1.54) is 0 Å². The number of anilines is 1. The second kappa shape index (κ2) is 6.78. The van der Waals surface area contributed by atoms with E-state index in [0.29, 0.717) is 30.1 Å². The third-order valence-electron chi connectivity index (χ3n) is 4.26. The molecule has 0 radical (unpaired) electrons. The van der Waals surface area contributed by atoms with E-state index >= 15 is 0 Å². The molecular weight excluding hydrogens is 306 g/mol. The first-order valence-electron chi connectivity index (χ1n) is 8.00. The predicted octanol–water partition coefficient (Wildman–Crippen LogP) is 2.58. The quantitative estimate of drug-likeness (QED) is 0.906. The molecule has 1 fully saturated rings. The molecule has 2 N–H and O–H groups in total. The van der Waals surface area contributed by atoms with E-state index in [4.69, 9.17) is 4.74 Å². The molecule has 6 nitrogen and oxygen atoms in total. The monoisotopic (exact) mass is 327 g/mol. The third kappa shape index (κ3) is 3.13. The Morgan fingerprint density at radius 2 is 2.17 bits per heavy atom. The van der Waals surface area contributed by atoms with E-state index in [2.05, 4.69) is 10.3 Å². The number of hydrogen-bond acceptors (Lipinski definition) is 3. The van der Waals surface area contributed by atoms with Crippen molar-refractivity contribution in [1.82, 2.24) is 9.88 Å². The fraction of sp³-hybridized carbons (Fsp3) is 0.333. The van der Waals surface area contributed by atoms with Gasteiger partial charge < -0.3 is 19.9 Å². The van der Waals surface area contributed by atoms with Gasteiger partial charge in [0, 0.05) is 12.7 Å². The summed E-state index contributed by atoms with van der Waals surface area (Å²) in [7, 11) is 1.57. The molecule has 2 amide bonds. The SMILES string of the molecule is COc1ccc(C)cc1NC(=O)[C@@H]1CCCN1C(=O)c1ccc[nH]1. The van der Waals surface area contributed by atoms with Crippen molar-refractivity contribution in [2.75, 3.05) is 19.0 Å². The number of rotatable bonds is 4. The molecule has 0 bridgehead atoms. The lowest BCUT2D eigenvalue weighted by molar-refractivity contribution is -0.119. The van der Waals surface area contributed by atoms with Crippen molar-refractivity contribution >= 4 is 17.5 Å². The number of aromatic nitrogens is 1. The topological polar surface area (TPSA) is 74.4 Å².